The van der Waals surface area contributed by atoms with Gasteiger partial charge < -0.3 is 5.32 Å². The molecule has 0 atom stereocenters. The Kier molecular flexibility index (Phi) is 4.42. The predicted octanol–water partition coefficient (Wildman–Crippen LogP) is 4.87. The molecule has 1 aromatic heterocycles. The highest BCUT2D eigenvalue weighted by Gasteiger charge is 2.03. The standard InChI is InChI=1S/C12H9Br2ClN2/c13-9-4-8(5-16-7-9)6-17-11-3-1-2-10(15)12(11)14/h1-5,7,17H,6H2. The maximum Gasteiger partial charge on any atom is 0.0593 e. The Labute approximate surface area is 122 Å². The average molecular weight is 376 g/mol. The van der Waals surface area contributed by atoms with Gasteiger partial charge in [0, 0.05) is 23.4 Å². The minimum atomic E-state index is 0.697. The number of nitrogens with zero attached hydrogens (tertiary/aromatic N) is 1. The smallest absolute Gasteiger partial charge is 0.0593 e. The molecular weight excluding hydrogens is 367 g/mol. The van der Waals surface area contributed by atoms with E-state index in [2.05, 4.69) is 42.2 Å². The molecule has 0 aliphatic heterocycles. The summed E-state index contributed by atoms with van der Waals surface area (Å²) < 4.78 is 1.85. The topological polar surface area (TPSA) is 24.9 Å². The van der Waals surface area contributed by atoms with Crippen LogP contribution in [0.15, 0.2) is 45.6 Å². The van der Waals surface area contributed by atoms with Crippen LogP contribution in [0.2, 0.25) is 5.02 Å². The molecule has 0 radical (unpaired) electrons. The van der Waals surface area contributed by atoms with Gasteiger partial charge >= 0.3 is 0 Å². The average Bonchev–Trinajstić information content (AvgIpc) is 2.31. The number of nitrogens with one attached hydrogen (secondary N) is 1. The zero-order valence-electron chi connectivity index (χ0n) is 8.75. The Hall–Kier alpha value is -0.580. The van der Waals surface area contributed by atoms with Crippen molar-refractivity contribution in [3.05, 3.63) is 56.2 Å². The second kappa shape index (κ2) is 5.85. The molecule has 0 fully saturated rings. The molecule has 1 aromatic carbocycles. The molecular formula is C12H9Br2ClN2. The summed E-state index contributed by atoms with van der Waals surface area (Å²) in [6, 6.07) is 7.76. The number of anilines is 1. The van der Waals surface area contributed by atoms with Crippen molar-refractivity contribution in [3.63, 3.8) is 0 Å². The van der Waals surface area contributed by atoms with Gasteiger partial charge in [-0.05, 0) is 55.6 Å². The lowest BCUT2D eigenvalue weighted by Gasteiger charge is -2.09. The fraction of sp³-hybridized carbons (Fsp3) is 0.0833. The first kappa shape index (κ1) is 12.9. The van der Waals surface area contributed by atoms with E-state index in [1.54, 1.807) is 6.20 Å². The van der Waals surface area contributed by atoms with Crippen molar-refractivity contribution >= 4 is 49.1 Å². The van der Waals surface area contributed by atoms with E-state index >= 15 is 0 Å². The summed E-state index contributed by atoms with van der Waals surface area (Å²) >= 11 is 12.9. The van der Waals surface area contributed by atoms with E-state index < -0.39 is 0 Å². The molecule has 1 N–H and O–H groups in total. The van der Waals surface area contributed by atoms with Gasteiger partial charge in [0.15, 0.2) is 0 Å². The number of hydrogen-bond donors (Lipinski definition) is 1. The lowest BCUT2D eigenvalue weighted by molar-refractivity contribution is 1.10. The van der Waals surface area contributed by atoms with Gasteiger partial charge in [-0.15, -0.1) is 0 Å². The number of halogens is 3. The van der Waals surface area contributed by atoms with Gasteiger partial charge in [0.05, 0.1) is 15.2 Å². The van der Waals surface area contributed by atoms with Crippen LogP contribution < -0.4 is 5.32 Å². The van der Waals surface area contributed by atoms with Crippen molar-refractivity contribution in [2.24, 2.45) is 0 Å². The molecule has 88 valence electrons. The van der Waals surface area contributed by atoms with Gasteiger partial charge in [-0.3, -0.25) is 4.98 Å². The van der Waals surface area contributed by atoms with E-state index in [-0.39, 0.29) is 0 Å². The summed E-state index contributed by atoms with van der Waals surface area (Å²) in [5.74, 6) is 0. The van der Waals surface area contributed by atoms with E-state index in [1.807, 2.05) is 30.5 Å². The van der Waals surface area contributed by atoms with Gasteiger partial charge in [-0.1, -0.05) is 17.7 Å². The molecule has 0 unspecified atom stereocenters. The lowest BCUT2D eigenvalue weighted by atomic mass is 10.2. The molecule has 5 heteroatoms. The number of aromatic nitrogens is 1. The number of benzene rings is 1. The molecule has 0 spiro atoms. The van der Waals surface area contributed by atoms with E-state index in [0.717, 1.165) is 20.2 Å². The third-order valence-electron chi connectivity index (χ3n) is 2.20. The molecule has 0 amide bonds. The Balaban J connectivity index is 2.10. The zero-order chi connectivity index (χ0) is 12.3. The fourth-order valence-corrected chi connectivity index (χ4v) is 2.38. The highest BCUT2D eigenvalue weighted by molar-refractivity contribution is 9.11. The third kappa shape index (κ3) is 3.44. The maximum atomic E-state index is 6.01. The molecule has 1 heterocycles. The Morgan fingerprint density at radius 2 is 2.06 bits per heavy atom. The summed E-state index contributed by atoms with van der Waals surface area (Å²) in [7, 11) is 0. The van der Waals surface area contributed by atoms with Crippen LogP contribution in [0.1, 0.15) is 5.56 Å². The van der Waals surface area contributed by atoms with Crippen molar-refractivity contribution in [3.8, 4) is 0 Å². The zero-order valence-corrected chi connectivity index (χ0v) is 12.7. The minimum Gasteiger partial charge on any atom is -0.380 e. The molecule has 2 aromatic rings. The van der Waals surface area contributed by atoms with Crippen LogP contribution in [-0.4, -0.2) is 4.98 Å². The van der Waals surface area contributed by atoms with Crippen LogP contribution in [0, 0.1) is 0 Å². The summed E-state index contributed by atoms with van der Waals surface area (Å²) in [4.78, 5) is 4.11. The van der Waals surface area contributed by atoms with Gasteiger partial charge in [0.1, 0.15) is 0 Å². The first-order valence-electron chi connectivity index (χ1n) is 4.94. The second-order valence-corrected chi connectivity index (χ2v) is 5.58. The first-order valence-corrected chi connectivity index (χ1v) is 6.90. The summed E-state index contributed by atoms with van der Waals surface area (Å²) in [6.45, 7) is 0.700. The predicted molar refractivity (Wildman–Crippen MR) is 78.4 cm³/mol. The lowest BCUT2D eigenvalue weighted by Crippen LogP contribution is -2.00. The molecule has 0 aliphatic carbocycles. The molecule has 0 bridgehead atoms. The van der Waals surface area contributed by atoms with E-state index in [9.17, 15) is 0 Å². The summed E-state index contributed by atoms with van der Waals surface area (Å²) in [5.41, 5.74) is 2.07. The normalized spacial score (nSPS) is 10.3. The molecule has 2 nitrogen and oxygen atoms in total. The van der Waals surface area contributed by atoms with Gasteiger partial charge in [0.2, 0.25) is 0 Å². The van der Waals surface area contributed by atoms with Crippen molar-refractivity contribution in [1.29, 1.82) is 0 Å². The van der Waals surface area contributed by atoms with Crippen LogP contribution in [-0.2, 0) is 6.54 Å². The largest absolute Gasteiger partial charge is 0.380 e. The number of hydrogen-bond acceptors (Lipinski definition) is 2. The minimum absolute atomic E-state index is 0.697. The molecule has 0 aliphatic rings. The Morgan fingerprint density at radius 1 is 1.24 bits per heavy atom. The SMILES string of the molecule is Clc1cccc(NCc2cncc(Br)c2)c1Br. The molecule has 17 heavy (non-hydrogen) atoms. The van der Waals surface area contributed by atoms with Crippen molar-refractivity contribution in [2.45, 2.75) is 6.54 Å². The maximum absolute atomic E-state index is 6.01. The highest BCUT2D eigenvalue weighted by atomic mass is 79.9. The van der Waals surface area contributed by atoms with E-state index in [4.69, 9.17) is 11.6 Å². The summed E-state index contributed by atoms with van der Waals surface area (Å²) in [6.07, 6.45) is 3.59. The molecule has 2 rings (SSSR count). The monoisotopic (exact) mass is 374 g/mol. The van der Waals surface area contributed by atoms with Crippen LogP contribution in [0.3, 0.4) is 0 Å². The number of rotatable bonds is 3. The summed E-state index contributed by atoms with van der Waals surface area (Å²) in [5, 5.41) is 4.00. The van der Waals surface area contributed by atoms with E-state index in [0.29, 0.717) is 11.6 Å². The van der Waals surface area contributed by atoms with Crippen molar-refractivity contribution in [1.82, 2.24) is 4.98 Å². The Bertz CT molecular complexity index is 532. The third-order valence-corrected chi connectivity index (χ3v) is 4.03. The van der Waals surface area contributed by atoms with Crippen LogP contribution in [0.5, 0.6) is 0 Å². The van der Waals surface area contributed by atoms with Crippen molar-refractivity contribution in [2.75, 3.05) is 5.32 Å². The second-order valence-electron chi connectivity index (χ2n) is 3.47. The van der Waals surface area contributed by atoms with Crippen molar-refractivity contribution < 1.29 is 0 Å². The van der Waals surface area contributed by atoms with Crippen LogP contribution in [0.4, 0.5) is 5.69 Å². The quantitative estimate of drug-likeness (QED) is 0.826. The Morgan fingerprint density at radius 3 is 2.82 bits per heavy atom. The number of pyridine rings is 1. The van der Waals surface area contributed by atoms with E-state index in [1.165, 1.54) is 0 Å². The first-order chi connectivity index (χ1) is 8.16. The highest BCUT2D eigenvalue weighted by Crippen LogP contribution is 2.30. The fourth-order valence-electron chi connectivity index (χ4n) is 1.39. The van der Waals surface area contributed by atoms with Gasteiger partial charge in [-0.2, -0.15) is 0 Å². The van der Waals surface area contributed by atoms with Gasteiger partial charge in [0.25, 0.3) is 0 Å². The van der Waals surface area contributed by atoms with Crippen LogP contribution in [0.25, 0.3) is 0 Å². The van der Waals surface area contributed by atoms with Crippen LogP contribution >= 0.6 is 43.5 Å². The van der Waals surface area contributed by atoms with Gasteiger partial charge in [-0.25, -0.2) is 0 Å². The molecule has 0 saturated carbocycles. The molecule has 0 saturated heterocycles.